The predicted molar refractivity (Wildman–Crippen MR) is 63.3 cm³/mol. The van der Waals surface area contributed by atoms with Gasteiger partial charge in [0.15, 0.2) is 0 Å². The molecule has 0 heterocycles. The molecule has 0 aromatic heterocycles. The molecule has 1 amide bonds. The fourth-order valence-electron chi connectivity index (χ4n) is 0.877. The van der Waals surface area contributed by atoms with Crippen LogP contribution in [0.1, 0.15) is 0 Å². The molecule has 0 bridgehead atoms. The molecule has 0 rings (SSSR count). The third-order valence-corrected chi connectivity index (χ3v) is 1.81. The number of carbonyl (C=O) groups is 1. The Kier molecular flexibility index (Phi) is 10.4. The lowest BCUT2D eigenvalue weighted by Gasteiger charge is -2.04. The monoisotopic (exact) mass is 261 g/mol. The van der Waals surface area contributed by atoms with Crippen molar-refractivity contribution in [2.75, 3.05) is 38.8 Å². The summed E-state index contributed by atoms with van der Waals surface area (Å²) >= 11 is 5.40. The fourth-order valence-corrected chi connectivity index (χ4v) is 0.971. The lowest BCUT2D eigenvalue weighted by atomic mass is 10.3. The van der Waals surface area contributed by atoms with Gasteiger partial charge in [-0.15, -0.1) is 11.6 Å². The summed E-state index contributed by atoms with van der Waals surface area (Å²) < 4.78 is 4.98. The first-order chi connectivity index (χ1) is 8.26. The number of aliphatic hydroxyl groups is 1. The van der Waals surface area contributed by atoms with Crippen molar-refractivity contribution in [2.24, 2.45) is 0 Å². The van der Waals surface area contributed by atoms with Gasteiger partial charge in [-0.1, -0.05) is 0 Å². The molecule has 0 spiro atoms. The first-order valence-electron chi connectivity index (χ1n) is 5.12. The van der Waals surface area contributed by atoms with Crippen LogP contribution in [-0.4, -0.2) is 49.8 Å². The molecule has 0 atom stereocenters. The zero-order chi connectivity index (χ0) is 12.9. The molecule has 7 heteroatoms. The fraction of sp³-hybridized carbons (Fsp3) is 0.600. The van der Waals surface area contributed by atoms with Gasteiger partial charge in [0.25, 0.3) is 5.91 Å². The smallest absolute Gasteiger partial charge is 0.263 e. The summed E-state index contributed by atoms with van der Waals surface area (Å²) in [5, 5.41) is 22.4. The molecule has 3 N–H and O–H groups in total. The SMILES string of the molecule is N#C/C(=C/NCCOCCO)C(=O)NCCCl. The Balaban J connectivity index is 3.85. The predicted octanol–water partition coefficient (Wildman–Crippen LogP) is -0.653. The number of ether oxygens (including phenoxy) is 1. The van der Waals surface area contributed by atoms with Crippen molar-refractivity contribution in [3.63, 3.8) is 0 Å². The Morgan fingerprint density at radius 2 is 2.24 bits per heavy atom. The van der Waals surface area contributed by atoms with Crippen molar-refractivity contribution in [3.05, 3.63) is 11.8 Å². The maximum absolute atomic E-state index is 11.3. The quantitative estimate of drug-likeness (QED) is 0.222. The van der Waals surface area contributed by atoms with E-state index in [1.54, 1.807) is 6.07 Å². The summed E-state index contributed by atoms with van der Waals surface area (Å²) in [6, 6.07) is 1.78. The lowest BCUT2D eigenvalue weighted by Crippen LogP contribution is -2.27. The lowest BCUT2D eigenvalue weighted by molar-refractivity contribution is -0.117. The topological polar surface area (TPSA) is 94.4 Å². The number of alkyl halides is 1. The Morgan fingerprint density at radius 3 is 2.82 bits per heavy atom. The molecule has 0 unspecified atom stereocenters. The highest BCUT2D eigenvalue weighted by molar-refractivity contribution is 6.18. The average Bonchev–Trinajstić information content (AvgIpc) is 2.35. The van der Waals surface area contributed by atoms with Crippen LogP contribution in [0.2, 0.25) is 0 Å². The second-order valence-electron chi connectivity index (χ2n) is 2.90. The van der Waals surface area contributed by atoms with Crippen molar-refractivity contribution in [1.82, 2.24) is 10.6 Å². The Morgan fingerprint density at radius 1 is 1.47 bits per heavy atom. The third-order valence-electron chi connectivity index (χ3n) is 1.62. The van der Waals surface area contributed by atoms with E-state index >= 15 is 0 Å². The first-order valence-corrected chi connectivity index (χ1v) is 5.66. The molecule has 0 aliphatic heterocycles. The van der Waals surface area contributed by atoms with Crippen LogP contribution < -0.4 is 10.6 Å². The Bertz CT molecular complexity index is 289. The third kappa shape index (κ3) is 8.51. The van der Waals surface area contributed by atoms with Crippen LogP contribution in [0.15, 0.2) is 11.8 Å². The molecule has 0 saturated carbocycles. The molecule has 0 aliphatic rings. The van der Waals surface area contributed by atoms with Crippen LogP contribution in [0.5, 0.6) is 0 Å². The van der Waals surface area contributed by atoms with E-state index in [1.165, 1.54) is 6.20 Å². The van der Waals surface area contributed by atoms with Crippen molar-refractivity contribution in [1.29, 1.82) is 5.26 Å². The van der Waals surface area contributed by atoms with E-state index < -0.39 is 5.91 Å². The summed E-state index contributed by atoms with van der Waals surface area (Å²) in [6.07, 6.45) is 1.33. The molecule has 0 fully saturated rings. The Hall–Kier alpha value is -1.29. The summed E-state index contributed by atoms with van der Waals surface area (Å²) in [5.41, 5.74) is -0.0164. The van der Waals surface area contributed by atoms with E-state index in [1.807, 2.05) is 0 Å². The second-order valence-corrected chi connectivity index (χ2v) is 3.28. The van der Waals surface area contributed by atoms with Crippen LogP contribution in [0.25, 0.3) is 0 Å². The van der Waals surface area contributed by atoms with E-state index in [9.17, 15) is 4.79 Å². The molecule has 17 heavy (non-hydrogen) atoms. The summed E-state index contributed by atoms with van der Waals surface area (Å²) in [4.78, 5) is 11.3. The molecule has 0 saturated heterocycles. The standard InChI is InChI=1S/C10H16ClN3O3/c11-1-2-14-10(16)9(7-12)8-13-3-5-17-6-4-15/h8,13,15H,1-6H2,(H,14,16)/b9-8-. The van der Waals surface area contributed by atoms with Crippen molar-refractivity contribution in [3.8, 4) is 6.07 Å². The molecular weight excluding hydrogens is 246 g/mol. The van der Waals surface area contributed by atoms with Crippen LogP contribution >= 0.6 is 11.6 Å². The highest BCUT2D eigenvalue weighted by Gasteiger charge is 2.06. The maximum atomic E-state index is 11.3. The largest absolute Gasteiger partial charge is 0.394 e. The van der Waals surface area contributed by atoms with Crippen LogP contribution in [0, 0.1) is 11.3 Å². The molecule has 0 radical (unpaired) electrons. The molecule has 0 aliphatic carbocycles. The van der Waals surface area contributed by atoms with Gasteiger partial charge in [-0.3, -0.25) is 4.79 Å². The van der Waals surface area contributed by atoms with Crippen LogP contribution in [0.4, 0.5) is 0 Å². The normalized spacial score (nSPS) is 10.8. The van der Waals surface area contributed by atoms with Crippen molar-refractivity contribution >= 4 is 17.5 Å². The van der Waals surface area contributed by atoms with Gasteiger partial charge in [-0.05, 0) is 0 Å². The summed E-state index contributed by atoms with van der Waals surface area (Å²) in [6.45, 7) is 1.40. The van der Waals surface area contributed by atoms with Crippen LogP contribution in [-0.2, 0) is 9.53 Å². The number of rotatable bonds is 9. The summed E-state index contributed by atoms with van der Waals surface area (Å²) in [7, 11) is 0. The molecule has 0 aromatic rings. The van der Waals surface area contributed by atoms with Gasteiger partial charge in [-0.2, -0.15) is 5.26 Å². The zero-order valence-electron chi connectivity index (χ0n) is 9.41. The number of carbonyl (C=O) groups excluding carboxylic acids is 1. The average molecular weight is 262 g/mol. The maximum Gasteiger partial charge on any atom is 0.263 e. The van der Waals surface area contributed by atoms with E-state index in [-0.39, 0.29) is 18.8 Å². The minimum atomic E-state index is -0.461. The van der Waals surface area contributed by atoms with Gasteiger partial charge in [0.05, 0.1) is 19.8 Å². The van der Waals surface area contributed by atoms with Gasteiger partial charge in [0.1, 0.15) is 11.6 Å². The minimum absolute atomic E-state index is 0.0164. The highest BCUT2D eigenvalue weighted by Crippen LogP contribution is 1.90. The molecule has 96 valence electrons. The van der Waals surface area contributed by atoms with Crippen molar-refractivity contribution < 1.29 is 14.6 Å². The number of hydrogen-bond acceptors (Lipinski definition) is 5. The van der Waals surface area contributed by atoms with Gasteiger partial charge in [-0.25, -0.2) is 0 Å². The number of nitrogens with one attached hydrogen (secondary N) is 2. The van der Waals surface area contributed by atoms with E-state index in [2.05, 4.69) is 10.6 Å². The summed E-state index contributed by atoms with van der Waals surface area (Å²) in [5.74, 6) is -0.163. The number of nitrogens with zero attached hydrogens (tertiary/aromatic N) is 1. The molecule has 0 aromatic carbocycles. The number of hydrogen-bond donors (Lipinski definition) is 3. The van der Waals surface area contributed by atoms with Gasteiger partial charge in [0.2, 0.25) is 0 Å². The van der Waals surface area contributed by atoms with Gasteiger partial charge in [0, 0.05) is 25.2 Å². The first kappa shape index (κ1) is 15.7. The highest BCUT2D eigenvalue weighted by atomic mass is 35.5. The van der Waals surface area contributed by atoms with Crippen LogP contribution in [0.3, 0.4) is 0 Å². The number of amides is 1. The van der Waals surface area contributed by atoms with Crippen molar-refractivity contribution in [2.45, 2.75) is 0 Å². The zero-order valence-corrected chi connectivity index (χ0v) is 10.2. The van der Waals surface area contributed by atoms with Gasteiger partial charge >= 0.3 is 0 Å². The second kappa shape index (κ2) is 11.2. The number of aliphatic hydroxyl groups excluding tert-OH is 1. The number of halogens is 1. The Labute approximate surface area is 105 Å². The van der Waals surface area contributed by atoms with Gasteiger partial charge < -0.3 is 20.5 Å². The van der Waals surface area contributed by atoms with E-state index in [0.29, 0.717) is 25.6 Å². The molecular formula is C10H16ClN3O3. The minimum Gasteiger partial charge on any atom is -0.394 e. The molecule has 6 nitrogen and oxygen atoms in total. The van der Waals surface area contributed by atoms with E-state index in [4.69, 9.17) is 26.7 Å². The number of nitriles is 1. The van der Waals surface area contributed by atoms with E-state index in [0.717, 1.165) is 0 Å².